The average Bonchev–Trinajstić information content (AvgIpc) is 2.65. The van der Waals surface area contributed by atoms with Gasteiger partial charge in [-0.05, 0) is 55.7 Å². The number of piperidine rings is 1. The zero-order valence-electron chi connectivity index (χ0n) is 14.8. The van der Waals surface area contributed by atoms with Gasteiger partial charge < -0.3 is 5.32 Å². The Morgan fingerprint density at radius 2 is 1.81 bits per heavy atom. The number of nitrogens with zero attached hydrogens (tertiary/aromatic N) is 1. The number of rotatable bonds is 4. The van der Waals surface area contributed by atoms with Crippen LogP contribution in [0.5, 0.6) is 0 Å². The topological polar surface area (TPSA) is 66.5 Å². The second-order valence-electron chi connectivity index (χ2n) is 6.52. The van der Waals surface area contributed by atoms with Crippen LogP contribution in [0.3, 0.4) is 0 Å². The normalized spacial score (nSPS) is 15.5. The molecule has 1 fully saturated rings. The number of benzene rings is 2. The molecule has 0 radical (unpaired) electrons. The van der Waals surface area contributed by atoms with Gasteiger partial charge in [0.2, 0.25) is 10.0 Å². The molecule has 1 saturated heterocycles. The smallest absolute Gasteiger partial charge is 0.255 e. The molecule has 1 aliphatic rings. The molecule has 0 aromatic heterocycles. The molecule has 0 atom stereocenters. The summed E-state index contributed by atoms with van der Waals surface area (Å²) in [5, 5.41) is 2.95. The zero-order chi connectivity index (χ0) is 19.6. The van der Waals surface area contributed by atoms with E-state index < -0.39 is 10.0 Å². The summed E-state index contributed by atoms with van der Waals surface area (Å²) in [5.74, 6) is -0.386. The van der Waals surface area contributed by atoms with Crippen LogP contribution in [0.2, 0.25) is 5.02 Å². The van der Waals surface area contributed by atoms with Crippen molar-refractivity contribution < 1.29 is 13.2 Å². The van der Waals surface area contributed by atoms with Crippen molar-refractivity contribution in [2.75, 3.05) is 18.4 Å². The Bertz CT molecular complexity index is 973. The maximum Gasteiger partial charge on any atom is 0.255 e. The van der Waals surface area contributed by atoms with Gasteiger partial charge >= 0.3 is 0 Å². The summed E-state index contributed by atoms with van der Waals surface area (Å²) in [6, 6.07) is 9.91. The third-order valence-electron chi connectivity index (χ3n) is 4.57. The van der Waals surface area contributed by atoms with Gasteiger partial charge in [-0.3, -0.25) is 4.79 Å². The lowest BCUT2D eigenvalue weighted by Crippen LogP contribution is -2.35. The molecule has 0 spiro atoms. The zero-order valence-corrected chi connectivity index (χ0v) is 18.0. The van der Waals surface area contributed by atoms with E-state index in [-0.39, 0.29) is 21.4 Å². The average molecular weight is 472 g/mol. The van der Waals surface area contributed by atoms with Crippen molar-refractivity contribution in [3.8, 4) is 0 Å². The summed E-state index contributed by atoms with van der Waals surface area (Å²) in [4.78, 5) is 12.6. The van der Waals surface area contributed by atoms with E-state index in [2.05, 4.69) is 21.2 Å². The second-order valence-corrected chi connectivity index (χ2v) is 9.75. The Balaban J connectivity index is 1.90. The molecule has 3 rings (SSSR count). The molecular formula is C19H20BrClN2O3S. The monoisotopic (exact) mass is 470 g/mol. The van der Waals surface area contributed by atoms with Crippen LogP contribution in [-0.2, 0) is 10.0 Å². The fourth-order valence-corrected chi connectivity index (χ4v) is 5.39. The van der Waals surface area contributed by atoms with Crippen LogP contribution < -0.4 is 5.32 Å². The Labute approximate surface area is 172 Å². The van der Waals surface area contributed by atoms with Crippen molar-refractivity contribution in [3.63, 3.8) is 0 Å². The standard InChI is InChI=1S/C19H20BrClN2O3S/c1-13-5-7-15(20)12-17(13)22-19(24)14-6-8-16(21)18(11-14)27(25,26)23-9-3-2-4-10-23/h5-8,11-12H,2-4,9-10H2,1H3,(H,22,24). The summed E-state index contributed by atoms with van der Waals surface area (Å²) in [5.41, 5.74) is 1.81. The van der Waals surface area contributed by atoms with Crippen LogP contribution in [0, 0.1) is 6.92 Å². The SMILES string of the molecule is Cc1ccc(Br)cc1NC(=O)c1ccc(Cl)c(S(=O)(=O)N2CCCCC2)c1. The van der Waals surface area contributed by atoms with E-state index in [1.54, 1.807) is 6.07 Å². The van der Waals surface area contributed by atoms with Crippen LogP contribution in [0.15, 0.2) is 45.8 Å². The van der Waals surface area contributed by atoms with Gasteiger partial charge in [0.1, 0.15) is 4.90 Å². The number of carbonyl (C=O) groups is 1. The molecule has 2 aromatic carbocycles. The molecular weight excluding hydrogens is 452 g/mol. The van der Waals surface area contributed by atoms with E-state index in [1.165, 1.54) is 22.5 Å². The van der Waals surface area contributed by atoms with Crippen LogP contribution in [-0.4, -0.2) is 31.7 Å². The number of aryl methyl sites for hydroxylation is 1. The highest BCUT2D eigenvalue weighted by molar-refractivity contribution is 9.10. The largest absolute Gasteiger partial charge is 0.322 e. The molecule has 2 aromatic rings. The van der Waals surface area contributed by atoms with Gasteiger partial charge in [-0.2, -0.15) is 4.31 Å². The molecule has 1 N–H and O–H groups in total. The fourth-order valence-electron chi connectivity index (χ4n) is 3.01. The Morgan fingerprint density at radius 1 is 1.11 bits per heavy atom. The third kappa shape index (κ3) is 4.54. The molecule has 144 valence electrons. The number of anilines is 1. The molecule has 5 nitrogen and oxygen atoms in total. The van der Waals surface area contributed by atoms with E-state index in [9.17, 15) is 13.2 Å². The first kappa shape index (κ1) is 20.3. The lowest BCUT2D eigenvalue weighted by Gasteiger charge is -2.26. The molecule has 1 aliphatic heterocycles. The summed E-state index contributed by atoms with van der Waals surface area (Å²) in [6.45, 7) is 2.84. The van der Waals surface area contributed by atoms with Crippen LogP contribution in [0.25, 0.3) is 0 Å². The molecule has 0 saturated carbocycles. The molecule has 0 aliphatic carbocycles. The van der Waals surface area contributed by atoms with Gasteiger partial charge in [0.25, 0.3) is 5.91 Å². The van der Waals surface area contributed by atoms with Crippen molar-refractivity contribution in [3.05, 3.63) is 57.0 Å². The second kappa shape index (κ2) is 8.31. The highest BCUT2D eigenvalue weighted by Crippen LogP contribution is 2.28. The lowest BCUT2D eigenvalue weighted by molar-refractivity contribution is 0.102. The molecule has 1 amide bonds. The highest BCUT2D eigenvalue weighted by atomic mass is 79.9. The number of sulfonamides is 1. The van der Waals surface area contributed by atoms with Gasteiger partial charge in [0.15, 0.2) is 0 Å². The van der Waals surface area contributed by atoms with E-state index in [0.717, 1.165) is 29.3 Å². The van der Waals surface area contributed by atoms with Crippen LogP contribution in [0.4, 0.5) is 5.69 Å². The van der Waals surface area contributed by atoms with E-state index in [4.69, 9.17) is 11.6 Å². The van der Waals surface area contributed by atoms with Crippen LogP contribution >= 0.6 is 27.5 Å². The molecule has 0 bridgehead atoms. The van der Waals surface area contributed by atoms with Crippen molar-refractivity contribution in [1.82, 2.24) is 4.31 Å². The quantitative estimate of drug-likeness (QED) is 0.694. The number of hydrogen-bond acceptors (Lipinski definition) is 3. The lowest BCUT2D eigenvalue weighted by atomic mass is 10.1. The summed E-state index contributed by atoms with van der Waals surface area (Å²) >= 11 is 9.55. The van der Waals surface area contributed by atoms with Crippen molar-refractivity contribution in [2.24, 2.45) is 0 Å². The van der Waals surface area contributed by atoms with Crippen molar-refractivity contribution in [2.45, 2.75) is 31.1 Å². The Kier molecular flexibility index (Phi) is 6.25. The van der Waals surface area contributed by atoms with Gasteiger partial charge in [-0.15, -0.1) is 0 Å². The minimum atomic E-state index is -3.72. The summed E-state index contributed by atoms with van der Waals surface area (Å²) in [7, 11) is -3.72. The predicted molar refractivity (Wildman–Crippen MR) is 111 cm³/mol. The van der Waals surface area contributed by atoms with E-state index >= 15 is 0 Å². The number of amides is 1. The number of carbonyl (C=O) groups excluding carboxylic acids is 1. The molecule has 1 heterocycles. The maximum absolute atomic E-state index is 12.9. The minimum Gasteiger partial charge on any atom is -0.322 e. The third-order valence-corrected chi connectivity index (χ3v) is 7.45. The first-order valence-corrected chi connectivity index (χ1v) is 11.3. The van der Waals surface area contributed by atoms with E-state index in [0.29, 0.717) is 18.8 Å². The first-order chi connectivity index (χ1) is 12.8. The summed E-state index contributed by atoms with van der Waals surface area (Å²) in [6.07, 6.45) is 2.69. The predicted octanol–water partition coefficient (Wildman–Crippen LogP) is 4.84. The first-order valence-electron chi connectivity index (χ1n) is 8.66. The fraction of sp³-hybridized carbons (Fsp3) is 0.316. The van der Waals surface area contributed by atoms with Gasteiger partial charge in [-0.1, -0.05) is 40.0 Å². The van der Waals surface area contributed by atoms with Crippen molar-refractivity contribution >= 4 is 49.1 Å². The number of hydrogen-bond donors (Lipinski definition) is 1. The van der Waals surface area contributed by atoms with Crippen LogP contribution in [0.1, 0.15) is 35.2 Å². The van der Waals surface area contributed by atoms with Gasteiger partial charge in [-0.25, -0.2) is 8.42 Å². The summed E-state index contributed by atoms with van der Waals surface area (Å²) < 4.78 is 28.2. The number of nitrogens with one attached hydrogen (secondary N) is 1. The van der Waals surface area contributed by atoms with Gasteiger partial charge in [0.05, 0.1) is 5.02 Å². The van der Waals surface area contributed by atoms with Crippen molar-refractivity contribution in [1.29, 1.82) is 0 Å². The van der Waals surface area contributed by atoms with E-state index in [1.807, 2.05) is 19.1 Å². The highest BCUT2D eigenvalue weighted by Gasteiger charge is 2.28. The molecule has 27 heavy (non-hydrogen) atoms. The van der Waals surface area contributed by atoms with Gasteiger partial charge in [0, 0.05) is 28.8 Å². The Hall–Kier alpha value is -1.41. The molecule has 8 heteroatoms. The minimum absolute atomic E-state index is 0.0234. The maximum atomic E-state index is 12.9. The Morgan fingerprint density at radius 3 is 2.52 bits per heavy atom. The number of halogens is 2. The molecule has 0 unspecified atom stereocenters.